The number of likely N-dealkylation sites (N-methyl/N-ethyl adjacent to an activating group) is 2. The fraction of sp³-hybridized carbons (Fsp3) is 0.636. The van der Waals surface area contributed by atoms with E-state index >= 15 is 0 Å². The Hall–Kier alpha value is -0.420. The van der Waals surface area contributed by atoms with Crippen LogP contribution in [0, 0.1) is 0 Å². The average molecular weight is 281 g/mol. The van der Waals surface area contributed by atoms with Gasteiger partial charge in [0.05, 0.1) is 5.69 Å². The molecule has 17 heavy (non-hydrogen) atoms. The summed E-state index contributed by atoms with van der Waals surface area (Å²) in [6.45, 7) is 1.99. The highest BCUT2D eigenvalue weighted by Crippen LogP contribution is 2.13. The molecule has 0 radical (unpaired) electrons. The van der Waals surface area contributed by atoms with E-state index in [1.807, 2.05) is 6.20 Å². The van der Waals surface area contributed by atoms with Gasteiger partial charge in [0.2, 0.25) is 0 Å². The molecule has 1 aromatic heterocycles. The summed E-state index contributed by atoms with van der Waals surface area (Å²) in [6.07, 6.45) is 5.33. The maximum absolute atomic E-state index is 4.37. The summed E-state index contributed by atoms with van der Waals surface area (Å²) in [4.78, 5) is 12.9. The van der Waals surface area contributed by atoms with Crippen molar-refractivity contribution in [2.75, 3.05) is 41.3 Å². The van der Waals surface area contributed by atoms with Gasteiger partial charge in [0, 0.05) is 37.6 Å². The lowest BCUT2D eigenvalue weighted by Crippen LogP contribution is -2.29. The molecule has 0 amide bonds. The monoisotopic (exact) mass is 280 g/mol. The molecule has 100 valence electrons. The lowest BCUT2D eigenvalue weighted by Gasteiger charge is -2.23. The Labute approximate surface area is 116 Å². The molecule has 0 bridgehead atoms. The van der Waals surface area contributed by atoms with Crippen LogP contribution in [0.5, 0.6) is 0 Å². The van der Waals surface area contributed by atoms with Crippen molar-refractivity contribution in [1.29, 1.82) is 0 Å². The Balaban J connectivity index is 0. The number of halogens is 2. The normalized spacial score (nSPS) is 10.3. The van der Waals surface area contributed by atoms with Crippen molar-refractivity contribution in [1.82, 2.24) is 19.8 Å². The molecular weight excluding hydrogens is 259 g/mol. The smallest absolute Gasteiger partial charge is 0.0643 e. The molecule has 0 aromatic carbocycles. The molecule has 0 saturated heterocycles. The fourth-order valence-corrected chi connectivity index (χ4v) is 1.65. The van der Waals surface area contributed by atoms with E-state index in [2.05, 4.69) is 48.0 Å². The molecule has 0 aliphatic carbocycles. The van der Waals surface area contributed by atoms with E-state index < -0.39 is 0 Å². The molecule has 0 spiro atoms. The average Bonchev–Trinajstić information content (AvgIpc) is 2.17. The third-order valence-electron chi connectivity index (χ3n) is 2.17. The van der Waals surface area contributed by atoms with Gasteiger partial charge >= 0.3 is 0 Å². The molecule has 0 atom stereocenters. The van der Waals surface area contributed by atoms with Crippen LogP contribution in [0.3, 0.4) is 0 Å². The van der Waals surface area contributed by atoms with Gasteiger partial charge in [0.25, 0.3) is 0 Å². The predicted octanol–water partition coefficient (Wildman–Crippen LogP) is 1.53. The quantitative estimate of drug-likeness (QED) is 0.819. The largest absolute Gasteiger partial charge is 0.309 e. The highest BCUT2D eigenvalue weighted by Gasteiger charge is 2.14. The van der Waals surface area contributed by atoms with Gasteiger partial charge in [-0.15, -0.1) is 24.8 Å². The van der Waals surface area contributed by atoms with E-state index in [1.54, 1.807) is 12.4 Å². The third-order valence-corrected chi connectivity index (χ3v) is 2.17. The maximum Gasteiger partial charge on any atom is 0.0643 e. The molecule has 0 aliphatic rings. The van der Waals surface area contributed by atoms with Crippen LogP contribution >= 0.6 is 24.8 Å². The Bertz CT molecular complexity index is 270. The standard InChI is InChI=1S/C11H20N4.2ClH/c1-14(2)8-10(9-15(3)4)11-7-12-5-6-13-11;;/h5-7,10H,8-9H2,1-4H3;2*1H. The first-order valence-electron chi connectivity index (χ1n) is 5.15. The molecular formula is C11H22Cl2N4. The Morgan fingerprint density at radius 2 is 1.53 bits per heavy atom. The zero-order valence-corrected chi connectivity index (χ0v) is 12.5. The van der Waals surface area contributed by atoms with Gasteiger partial charge in [-0.3, -0.25) is 9.97 Å². The number of hydrogen-bond donors (Lipinski definition) is 0. The van der Waals surface area contributed by atoms with E-state index in [-0.39, 0.29) is 24.8 Å². The van der Waals surface area contributed by atoms with Crippen LogP contribution in [0.2, 0.25) is 0 Å². The minimum absolute atomic E-state index is 0. The van der Waals surface area contributed by atoms with E-state index in [1.165, 1.54) is 0 Å². The van der Waals surface area contributed by atoms with Gasteiger partial charge in [-0.05, 0) is 28.2 Å². The molecule has 0 unspecified atom stereocenters. The summed E-state index contributed by atoms with van der Waals surface area (Å²) in [5, 5.41) is 0. The summed E-state index contributed by atoms with van der Waals surface area (Å²) < 4.78 is 0. The van der Waals surface area contributed by atoms with E-state index in [0.717, 1.165) is 18.8 Å². The summed E-state index contributed by atoms with van der Waals surface area (Å²) in [6, 6.07) is 0. The molecule has 1 aromatic rings. The Morgan fingerprint density at radius 3 is 1.88 bits per heavy atom. The van der Waals surface area contributed by atoms with Crippen LogP contribution in [-0.2, 0) is 0 Å². The Kier molecular flexibility index (Phi) is 10.7. The summed E-state index contributed by atoms with van der Waals surface area (Å²) in [7, 11) is 8.33. The highest BCUT2D eigenvalue weighted by molar-refractivity contribution is 5.85. The minimum Gasteiger partial charge on any atom is -0.309 e. The van der Waals surface area contributed by atoms with Crippen molar-refractivity contribution in [3.63, 3.8) is 0 Å². The van der Waals surface area contributed by atoms with Crippen molar-refractivity contribution >= 4 is 24.8 Å². The molecule has 1 heterocycles. The van der Waals surface area contributed by atoms with Crippen LogP contribution in [-0.4, -0.2) is 61.0 Å². The number of nitrogens with zero attached hydrogens (tertiary/aromatic N) is 4. The van der Waals surface area contributed by atoms with E-state index in [9.17, 15) is 0 Å². The molecule has 0 N–H and O–H groups in total. The van der Waals surface area contributed by atoms with Crippen molar-refractivity contribution < 1.29 is 0 Å². The van der Waals surface area contributed by atoms with Crippen LogP contribution in [0.25, 0.3) is 0 Å². The SMILES string of the molecule is CN(C)CC(CN(C)C)c1cnccn1.Cl.Cl. The van der Waals surface area contributed by atoms with Gasteiger partial charge in [-0.1, -0.05) is 0 Å². The topological polar surface area (TPSA) is 32.3 Å². The van der Waals surface area contributed by atoms with E-state index in [4.69, 9.17) is 0 Å². The summed E-state index contributed by atoms with van der Waals surface area (Å²) >= 11 is 0. The van der Waals surface area contributed by atoms with Gasteiger partial charge in [0.1, 0.15) is 0 Å². The van der Waals surface area contributed by atoms with Crippen molar-refractivity contribution in [2.45, 2.75) is 5.92 Å². The first-order chi connectivity index (χ1) is 7.09. The molecule has 6 heteroatoms. The van der Waals surface area contributed by atoms with Gasteiger partial charge < -0.3 is 9.80 Å². The summed E-state index contributed by atoms with van der Waals surface area (Å²) in [5.41, 5.74) is 1.07. The predicted molar refractivity (Wildman–Crippen MR) is 76.4 cm³/mol. The molecule has 4 nitrogen and oxygen atoms in total. The first kappa shape index (κ1) is 18.9. The van der Waals surface area contributed by atoms with Gasteiger partial charge in [-0.2, -0.15) is 0 Å². The molecule has 0 saturated carbocycles. The molecule has 1 rings (SSSR count). The second-order valence-electron chi connectivity index (χ2n) is 4.35. The second kappa shape index (κ2) is 9.59. The summed E-state index contributed by atoms with van der Waals surface area (Å²) in [5.74, 6) is 0.420. The van der Waals surface area contributed by atoms with Crippen LogP contribution in [0.1, 0.15) is 11.6 Å². The highest BCUT2D eigenvalue weighted by atomic mass is 35.5. The second-order valence-corrected chi connectivity index (χ2v) is 4.35. The van der Waals surface area contributed by atoms with Gasteiger partial charge in [-0.25, -0.2) is 0 Å². The first-order valence-corrected chi connectivity index (χ1v) is 5.15. The minimum atomic E-state index is 0. The Morgan fingerprint density at radius 1 is 1.00 bits per heavy atom. The number of rotatable bonds is 5. The number of hydrogen-bond acceptors (Lipinski definition) is 4. The van der Waals surface area contributed by atoms with Crippen molar-refractivity contribution in [3.8, 4) is 0 Å². The van der Waals surface area contributed by atoms with Gasteiger partial charge in [0.15, 0.2) is 0 Å². The van der Waals surface area contributed by atoms with Crippen molar-refractivity contribution in [2.24, 2.45) is 0 Å². The lowest BCUT2D eigenvalue weighted by molar-refractivity contribution is 0.304. The zero-order chi connectivity index (χ0) is 11.3. The maximum atomic E-state index is 4.37. The van der Waals surface area contributed by atoms with Crippen LogP contribution in [0.15, 0.2) is 18.6 Å². The van der Waals surface area contributed by atoms with E-state index in [0.29, 0.717) is 5.92 Å². The number of aromatic nitrogens is 2. The fourth-order valence-electron chi connectivity index (χ4n) is 1.65. The van der Waals surface area contributed by atoms with Crippen molar-refractivity contribution in [3.05, 3.63) is 24.3 Å². The molecule has 0 fully saturated rings. The lowest BCUT2D eigenvalue weighted by atomic mass is 10.1. The molecule has 0 aliphatic heterocycles. The zero-order valence-electron chi connectivity index (χ0n) is 10.8. The third kappa shape index (κ3) is 7.49. The van der Waals surface area contributed by atoms with Crippen LogP contribution < -0.4 is 0 Å². The van der Waals surface area contributed by atoms with Crippen LogP contribution in [0.4, 0.5) is 0 Å².